The molecule has 5 nitrogen and oxygen atoms in total. The van der Waals surface area contributed by atoms with Gasteiger partial charge in [0, 0.05) is 13.0 Å². The van der Waals surface area contributed by atoms with Crippen LogP contribution in [-0.4, -0.2) is 24.5 Å². The van der Waals surface area contributed by atoms with Crippen LogP contribution in [0.25, 0.3) is 0 Å². The molecule has 3 rings (SSSR count). The average Bonchev–Trinajstić information content (AvgIpc) is 2.67. The van der Waals surface area contributed by atoms with E-state index in [4.69, 9.17) is 4.74 Å². The topological polar surface area (TPSA) is 58.6 Å². The van der Waals surface area contributed by atoms with Gasteiger partial charge in [0.25, 0.3) is 5.91 Å². The molecule has 1 aliphatic heterocycles. The predicted octanol–water partition coefficient (Wildman–Crippen LogP) is 3.70. The van der Waals surface area contributed by atoms with E-state index in [9.17, 15) is 9.59 Å². The molecule has 0 fully saturated rings. The molecule has 2 aromatic rings. The van der Waals surface area contributed by atoms with Gasteiger partial charge in [-0.1, -0.05) is 56.3 Å². The Morgan fingerprint density at radius 3 is 2.48 bits per heavy atom. The Morgan fingerprint density at radius 2 is 1.78 bits per heavy atom. The third-order valence-electron chi connectivity index (χ3n) is 4.78. The highest BCUT2D eigenvalue weighted by atomic mass is 16.5. The van der Waals surface area contributed by atoms with Gasteiger partial charge in [0.1, 0.15) is 5.75 Å². The minimum absolute atomic E-state index is 0.0506. The second kappa shape index (κ2) is 8.25. The van der Waals surface area contributed by atoms with Crippen molar-refractivity contribution in [3.63, 3.8) is 0 Å². The molecule has 0 saturated heterocycles. The van der Waals surface area contributed by atoms with Crippen LogP contribution in [0.4, 0.5) is 5.69 Å². The summed E-state index contributed by atoms with van der Waals surface area (Å²) in [6.45, 7) is 6.23. The minimum Gasteiger partial charge on any atom is -0.479 e. The van der Waals surface area contributed by atoms with Crippen molar-refractivity contribution < 1.29 is 14.3 Å². The molecule has 5 heteroatoms. The summed E-state index contributed by atoms with van der Waals surface area (Å²) in [6.07, 6.45) is -0.307. The van der Waals surface area contributed by atoms with Gasteiger partial charge in [-0.2, -0.15) is 0 Å². The summed E-state index contributed by atoms with van der Waals surface area (Å²) >= 11 is 0. The van der Waals surface area contributed by atoms with Gasteiger partial charge in [-0.15, -0.1) is 0 Å². The van der Waals surface area contributed by atoms with E-state index in [0.29, 0.717) is 12.3 Å². The van der Waals surface area contributed by atoms with E-state index in [2.05, 4.69) is 19.2 Å². The highest BCUT2D eigenvalue weighted by molar-refractivity contribution is 6.00. The zero-order chi connectivity index (χ0) is 19.4. The number of hydrogen-bond donors (Lipinski definition) is 1. The summed E-state index contributed by atoms with van der Waals surface area (Å²) in [5.41, 5.74) is 1.80. The normalized spacial score (nSPS) is 17.3. The van der Waals surface area contributed by atoms with E-state index in [1.54, 1.807) is 11.8 Å². The van der Waals surface area contributed by atoms with Crippen LogP contribution in [0.15, 0.2) is 54.6 Å². The summed E-state index contributed by atoms with van der Waals surface area (Å²) in [4.78, 5) is 26.8. The quantitative estimate of drug-likeness (QED) is 0.848. The van der Waals surface area contributed by atoms with Crippen molar-refractivity contribution in [3.05, 3.63) is 60.2 Å². The lowest BCUT2D eigenvalue weighted by molar-refractivity contribution is -0.125. The van der Waals surface area contributed by atoms with Gasteiger partial charge in [0.05, 0.1) is 11.7 Å². The first-order valence-electron chi connectivity index (χ1n) is 9.38. The molecular formula is C22H26N2O3. The fourth-order valence-electron chi connectivity index (χ4n) is 3.34. The van der Waals surface area contributed by atoms with Gasteiger partial charge in [0.15, 0.2) is 6.10 Å². The molecule has 0 spiro atoms. The first kappa shape index (κ1) is 19.0. The van der Waals surface area contributed by atoms with E-state index in [0.717, 1.165) is 11.3 Å². The largest absolute Gasteiger partial charge is 0.479 e. The van der Waals surface area contributed by atoms with Gasteiger partial charge >= 0.3 is 0 Å². The standard InChI is InChI=1S/C22H26N2O3/c1-15(2)21(17-9-5-4-6-10-17)23-20(25)13-14-24-18-11-7-8-12-19(18)27-16(3)22(24)26/h4-12,15-16,21H,13-14H2,1-3H3,(H,23,25). The molecule has 27 heavy (non-hydrogen) atoms. The smallest absolute Gasteiger partial charge is 0.267 e. The van der Waals surface area contributed by atoms with Crippen molar-refractivity contribution in [2.45, 2.75) is 39.3 Å². The lowest BCUT2D eigenvalue weighted by Gasteiger charge is -2.33. The third kappa shape index (κ3) is 4.30. The molecule has 1 heterocycles. The van der Waals surface area contributed by atoms with Gasteiger partial charge in [-0.25, -0.2) is 0 Å². The second-order valence-corrected chi connectivity index (χ2v) is 7.17. The number of nitrogens with one attached hydrogen (secondary N) is 1. The van der Waals surface area contributed by atoms with E-state index in [1.165, 1.54) is 0 Å². The number of rotatable bonds is 6. The number of para-hydroxylation sites is 2. The van der Waals surface area contributed by atoms with Crippen LogP contribution in [0.1, 0.15) is 38.8 Å². The van der Waals surface area contributed by atoms with Crippen LogP contribution in [0.5, 0.6) is 5.75 Å². The van der Waals surface area contributed by atoms with Crippen molar-refractivity contribution in [1.82, 2.24) is 5.32 Å². The van der Waals surface area contributed by atoms with Gasteiger partial charge in [-0.3, -0.25) is 9.59 Å². The molecule has 0 aromatic heterocycles. The number of carbonyl (C=O) groups excluding carboxylic acids is 2. The summed E-state index contributed by atoms with van der Waals surface area (Å²) in [5.74, 6) is 0.753. The molecule has 1 N–H and O–H groups in total. The number of anilines is 1. The average molecular weight is 366 g/mol. The summed E-state index contributed by atoms with van der Waals surface area (Å²) in [7, 11) is 0. The Balaban J connectivity index is 1.67. The Labute approximate surface area is 160 Å². The SMILES string of the molecule is CC1Oc2ccccc2N(CCC(=O)NC(c2ccccc2)C(C)C)C1=O. The third-order valence-corrected chi connectivity index (χ3v) is 4.78. The molecule has 0 aliphatic carbocycles. The number of nitrogens with zero attached hydrogens (tertiary/aromatic N) is 1. The first-order chi connectivity index (χ1) is 13.0. The van der Waals surface area contributed by atoms with Gasteiger partial charge < -0.3 is 15.0 Å². The summed E-state index contributed by atoms with van der Waals surface area (Å²) in [5, 5.41) is 3.11. The first-order valence-corrected chi connectivity index (χ1v) is 9.38. The molecule has 2 amide bonds. The fourth-order valence-corrected chi connectivity index (χ4v) is 3.34. The van der Waals surface area contributed by atoms with Crippen molar-refractivity contribution >= 4 is 17.5 Å². The van der Waals surface area contributed by atoms with E-state index < -0.39 is 6.10 Å². The Kier molecular flexibility index (Phi) is 5.79. The van der Waals surface area contributed by atoms with Crippen LogP contribution in [0.2, 0.25) is 0 Å². The van der Waals surface area contributed by atoms with Crippen LogP contribution < -0.4 is 15.0 Å². The van der Waals surface area contributed by atoms with Crippen molar-refractivity contribution in [2.75, 3.05) is 11.4 Å². The zero-order valence-electron chi connectivity index (χ0n) is 16.0. The Hall–Kier alpha value is -2.82. The predicted molar refractivity (Wildman–Crippen MR) is 106 cm³/mol. The minimum atomic E-state index is -0.546. The molecule has 2 atom stereocenters. The highest BCUT2D eigenvalue weighted by Gasteiger charge is 2.31. The molecule has 0 radical (unpaired) electrons. The Bertz CT molecular complexity index is 804. The van der Waals surface area contributed by atoms with Gasteiger partial charge in [0.2, 0.25) is 5.91 Å². The fraction of sp³-hybridized carbons (Fsp3) is 0.364. The highest BCUT2D eigenvalue weighted by Crippen LogP contribution is 2.33. The zero-order valence-corrected chi connectivity index (χ0v) is 16.0. The van der Waals surface area contributed by atoms with Crippen molar-refractivity contribution in [3.8, 4) is 5.75 Å². The van der Waals surface area contributed by atoms with E-state index >= 15 is 0 Å². The molecule has 142 valence electrons. The summed E-state index contributed by atoms with van der Waals surface area (Å²) in [6, 6.07) is 17.3. The van der Waals surface area contributed by atoms with Gasteiger partial charge in [-0.05, 0) is 30.5 Å². The number of carbonyl (C=O) groups is 2. The van der Waals surface area contributed by atoms with Crippen molar-refractivity contribution in [2.24, 2.45) is 5.92 Å². The number of benzene rings is 2. The second-order valence-electron chi connectivity index (χ2n) is 7.17. The van der Waals surface area contributed by atoms with Crippen molar-refractivity contribution in [1.29, 1.82) is 0 Å². The molecule has 1 aliphatic rings. The van der Waals surface area contributed by atoms with Crippen LogP contribution >= 0.6 is 0 Å². The molecule has 0 saturated carbocycles. The van der Waals surface area contributed by atoms with E-state index in [1.807, 2.05) is 54.6 Å². The molecule has 2 unspecified atom stereocenters. The number of ether oxygens (including phenoxy) is 1. The maximum atomic E-state index is 12.6. The maximum Gasteiger partial charge on any atom is 0.267 e. The molecule has 2 aromatic carbocycles. The monoisotopic (exact) mass is 366 g/mol. The number of fused-ring (bicyclic) bond motifs is 1. The van der Waals surface area contributed by atoms with Crippen LogP contribution in [-0.2, 0) is 9.59 Å². The maximum absolute atomic E-state index is 12.6. The Morgan fingerprint density at radius 1 is 1.11 bits per heavy atom. The van der Waals surface area contributed by atoms with E-state index in [-0.39, 0.29) is 30.2 Å². The van der Waals surface area contributed by atoms with Crippen LogP contribution in [0, 0.1) is 5.92 Å². The lowest BCUT2D eigenvalue weighted by atomic mass is 9.96. The molecular weight excluding hydrogens is 340 g/mol. The summed E-state index contributed by atoms with van der Waals surface area (Å²) < 4.78 is 5.64. The molecule has 0 bridgehead atoms. The van der Waals surface area contributed by atoms with Crippen LogP contribution in [0.3, 0.4) is 0 Å². The lowest BCUT2D eigenvalue weighted by Crippen LogP contribution is -2.46. The number of amides is 2. The number of hydrogen-bond acceptors (Lipinski definition) is 3.